The van der Waals surface area contributed by atoms with Gasteiger partial charge in [-0.05, 0) is 13.3 Å². The van der Waals surface area contributed by atoms with Crippen LogP contribution in [0.25, 0.3) is 0 Å². The molecule has 14 heavy (non-hydrogen) atoms. The van der Waals surface area contributed by atoms with Crippen LogP contribution in [0, 0.1) is 0 Å². The first kappa shape index (κ1) is 9.73. The molecule has 0 aromatic rings. The van der Waals surface area contributed by atoms with Gasteiger partial charge in [-0.3, -0.25) is 0 Å². The molecule has 0 bridgehead atoms. The first-order chi connectivity index (χ1) is 6.63. The largest absolute Gasteiger partial charge is 0.441 e. The molecule has 0 aliphatic carbocycles. The molecule has 2 saturated heterocycles. The monoisotopic (exact) mass is 201 g/mol. The lowest BCUT2D eigenvalue weighted by atomic mass is 9.93. The molecule has 0 radical (unpaired) electrons. The fourth-order valence-corrected chi connectivity index (χ4v) is 2.11. The maximum Gasteiger partial charge on any atom is 0.408 e. The summed E-state index contributed by atoms with van der Waals surface area (Å²) in [4.78, 5) is 11.0. The SMILES string of the molecule is CCC1O[C@@H](C)[C@H]2NC(=O)OC2[C@@H]1O. The molecule has 2 aliphatic rings. The highest BCUT2D eigenvalue weighted by Crippen LogP contribution is 2.28. The van der Waals surface area contributed by atoms with Crippen LogP contribution in [0.5, 0.6) is 0 Å². The number of amides is 1. The van der Waals surface area contributed by atoms with Gasteiger partial charge in [-0.15, -0.1) is 0 Å². The summed E-state index contributed by atoms with van der Waals surface area (Å²) in [5.41, 5.74) is 0. The van der Waals surface area contributed by atoms with Crippen LogP contribution in [0.1, 0.15) is 20.3 Å². The minimum atomic E-state index is -0.722. The Kier molecular flexibility index (Phi) is 2.36. The van der Waals surface area contributed by atoms with E-state index in [1.165, 1.54) is 0 Å². The molecule has 5 nitrogen and oxygen atoms in total. The van der Waals surface area contributed by atoms with Crippen molar-refractivity contribution >= 4 is 6.09 Å². The Morgan fingerprint density at radius 3 is 2.93 bits per heavy atom. The van der Waals surface area contributed by atoms with E-state index in [0.29, 0.717) is 6.42 Å². The molecule has 0 aromatic heterocycles. The van der Waals surface area contributed by atoms with Gasteiger partial charge in [0.15, 0.2) is 6.10 Å². The van der Waals surface area contributed by atoms with Crippen molar-refractivity contribution < 1.29 is 19.4 Å². The van der Waals surface area contributed by atoms with Gasteiger partial charge in [0.25, 0.3) is 0 Å². The molecule has 5 heteroatoms. The Hall–Kier alpha value is -0.810. The number of rotatable bonds is 1. The van der Waals surface area contributed by atoms with Gasteiger partial charge in [-0.25, -0.2) is 4.79 Å². The first-order valence-electron chi connectivity index (χ1n) is 4.94. The molecule has 1 amide bonds. The molecule has 80 valence electrons. The molecule has 5 atom stereocenters. The number of hydrogen-bond donors (Lipinski definition) is 2. The van der Waals surface area contributed by atoms with Crippen LogP contribution in [0.4, 0.5) is 4.79 Å². The second-order valence-electron chi connectivity index (χ2n) is 3.82. The second kappa shape index (κ2) is 3.40. The fraction of sp³-hybridized carbons (Fsp3) is 0.889. The summed E-state index contributed by atoms with van der Waals surface area (Å²) in [6, 6.07) is -0.222. The molecular formula is C9H15NO4. The van der Waals surface area contributed by atoms with Crippen molar-refractivity contribution in [3.63, 3.8) is 0 Å². The number of alkyl carbamates (subject to hydrolysis) is 1. The lowest BCUT2D eigenvalue weighted by Gasteiger charge is -2.38. The summed E-state index contributed by atoms with van der Waals surface area (Å²) in [5, 5.41) is 12.5. The maximum absolute atomic E-state index is 11.0. The van der Waals surface area contributed by atoms with Crippen molar-refractivity contribution in [3.05, 3.63) is 0 Å². The Labute approximate surface area is 82.4 Å². The average Bonchev–Trinajstić information content (AvgIpc) is 2.54. The zero-order valence-corrected chi connectivity index (χ0v) is 8.27. The zero-order valence-electron chi connectivity index (χ0n) is 8.27. The van der Waals surface area contributed by atoms with E-state index in [0.717, 1.165) is 0 Å². The number of aliphatic hydroxyl groups excluding tert-OH is 1. The zero-order chi connectivity index (χ0) is 10.3. The molecule has 2 rings (SSSR count). The van der Waals surface area contributed by atoms with E-state index < -0.39 is 18.3 Å². The highest BCUT2D eigenvalue weighted by Gasteiger charge is 2.49. The lowest BCUT2D eigenvalue weighted by Crippen LogP contribution is -2.57. The van der Waals surface area contributed by atoms with Gasteiger partial charge >= 0.3 is 6.09 Å². The van der Waals surface area contributed by atoms with Gasteiger partial charge in [0.2, 0.25) is 0 Å². The first-order valence-corrected chi connectivity index (χ1v) is 4.94. The Morgan fingerprint density at radius 1 is 1.57 bits per heavy atom. The predicted molar refractivity (Wildman–Crippen MR) is 47.8 cm³/mol. The predicted octanol–water partition coefficient (Wildman–Crippen LogP) is 0.0216. The lowest BCUT2D eigenvalue weighted by molar-refractivity contribution is -0.161. The third-order valence-electron chi connectivity index (χ3n) is 2.90. The van der Waals surface area contributed by atoms with Crippen molar-refractivity contribution in [1.29, 1.82) is 0 Å². The average molecular weight is 201 g/mol. The Balaban J connectivity index is 2.15. The van der Waals surface area contributed by atoms with Crippen molar-refractivity contribution in [3.8, 4) is 0 Å². The van der Waals surface area contributed by atoms with E-state index in [1.54, 1.807) is 0 Å². The van der Waals surface area contributed by atoms with Crippen molar-refractivity contribution in [2.75, 3.05) is 0 Å². The minimum absolute atomic E-state index is 0.111. The van der Waals surface area contributed by atoms with E-state index in [4.69, 9.17) is 9.47 Å². The van der Waals surface area contributed by atoms with E-state index in [9.17, 15) is 9.90 Å². The van der Waals surface area contributed by atoms with Crippen molar-refractivity contribution in [2.45, 2.75) is 50.7 Å². The summed E-state index contributed by atoms with van der Waals surface area (Å²) in [6.45, 7) is 3.81. The van der Waals surface area contributed by atoms with Crippen LogP contribution in [0.2, 0.25) is 0 Å². The quantitative estimate of drug-likeness (QED) is 0.627. The van der Waals surface area contributed by atoms with Crippen molar-refractivity contribution in [1.82, 2.24) is 5.32 Å². The van der Waals surface area contributed by atoms with Crippen LogP contribution in [-0.4, -0.2) is 41.7 Å². The number of hydrogen-bond acceptors (Lipinski definition) is 4. The number of carbonyl (C=O) groups excluding carboxylic acids is 1. The summed E-state index contributed by atoms with van der Waals surface area (Å²) in [7, 11) is 0. The van der Waals surface area contributed by atoms with Crippen molar-refractivity contribution in [2.24, 2.45) is 0 Å². The standard InChI is InChI=1S/C9H15NO4/c1-3-5-7(11)8-6(4(2)13-5)10-9(12)14-8/h4-8,11H,3H2,1-2H3,(H,10,12)/t4-,5?,6+,7+,8?/m0/s1. The molecular weight excluding hydrogens is 186 g/mol. The number of fused-ring (bicyclic) bond motifs is 1. The Morgan fingerprint density at radius 2 is 2.29 bits per heavy atom. The highest BCUT2D eigenvalue weighted by molar-refractivity contribution is 5.70. The van der Waals surface area contributed by atoms with E-state index >= 15 is 0 Å². The van der Waals surface area contributed by atoms with Crippen LogP contribution in [-0.2, 0) is 9.47 Å². The van der Waals surface area contributed by atoms with Crippen LogP contribution in [0.3, 0.4) is 0 Å². The van der Waals surface area contributed by atoms with Crippen LogP contribution >= 0.6 is 0 Å². The van der Waals surface area contributed by atoms with Gasteiger partial charge in [-0.2, -0.15) is 0 Å². The molecule has 0 aromatic carbocycles. The van der Waals surface area contributed by atoms with Crippen LogP contribution < -0.4 is 5.32 Å². The molecule has 0 saturated carbocycles. The topological polar surface area (TPSA) is 67.8 Å². The van der Waals surface area contributed by atoms with E-state index in [2.05, 4.69) is 5.32 Å². The van der Waals surface area contributed by atoms with Gasteiger partial charge in [-0.1, -0.05) is 6.92 Å². The molecule has 0 spiro atoms. The van der Waals surface area contributed by atoms with Gasteiger partial charge in [0.1, 0.15) is 6.10 Å². The molecule has 2 unspecified atom stereocenters. The highest BCUT2D eigenvalue weighted by atomic mass is 16.6. The number of carbonyl (C=O) groups is 1. The summed E-state index contributed by atoms with van der Waals surface area (Å²) >= 11 is 0. The second-order valence-corrected chi connectivity index (χ2v) is 3.82. The number of nitrogens with one attached hydrogen (secondary N) is 1. The smallest absolute Gasteiger partial charge is 0.408 e. The number of ether oxygens (including phenoxy) is 2. The summed E-state index contributed by atoms with van der Waals surface area (Å²) < 4.78 is 10.6. The molecule has 2 N–H and O–H groups in total. The van der Waals surface area contributed by atoms with Gasteiger partial charge in [0.05, 0.1) is 18.2 Å². The van der Waals surface area contributed by atoms with Crippen LogP contribution in [0.15, 0.2) is 0 Å². The normalized spacial score (nSPS) is 46.8. The van der Waals surface area contributed by atoms with E-state index in [-0.39, 0.29) is 18.2 Å². The van der Waals surface area contributed by atoms with Gasteiger partial charge in [0, 0.05) is 0 Å². The molecule has 2 aliphatic heterocycles. The summed E-state index contributed by atoms with van der Waals surface area (Å²) in [5.74, 6) is 0. The third-order valence-corrected chi connectivity index (χ3v) is 2.90. The maximum atomic E-state index is 11.0. The third kappa shape index (κ3) is 1.36. The minimum Gasteiger partial charge on any atom is -0.441 e. The summed E-state index contributed by atoms with van der Waals surface area (Å²) in [6.07, 6.45) is -1.28. The number of aliphatic hydroxyl groups is 1. The molecule has 2 heterocycles. The molecule has 2 fully saturated rings. The van der Waals surface area contributed by atoms with Gasteiger partial charge < -0.3 is 19.9 Å². The van der Waals surface area contributed by atoms with E-state index in [1.807, 2.05) is 13.8 Å². The Bertz CT molecular complexity index is 245. The fourth-order valence-electron chi connectivity index (χ4n) is 2.11.